The Morgan fingerprint density at radius 3 is 2.64 bits per heavy atom. The minimum atomic E-state index is -0.479. The van der Waals surface area contributed by atoms with E-state index in [1.807, 2.05) is 37.3 Å². The molecule has 22 heavy (non-hydrogen) atoms. The van der Waals surface area contributed by atoms with Gasteiger partial charge in [0.1, 0.15) is 5.82 Å². The van der Waals surface area contributed by atoms with Gasteiger partial charge in [0.2, 0.25) is 0 Å². The van der Waals surface area contributed by atoms with E-state index in [1.165, 1.54) is 6.07 Å². The second kappa shape index (κ2) is 5.89. The Balaban J connectivity index is 1.82. The van der Waals surface area contributed by atoms with Crippen molar-refractivity contribution >= 4 is 5.91 Å². The first kappa shape index (κ1) is 14.7. The summed E-state index contributed by atoms with van der Waals surface area (Å²) in [6.07, 6.45) is 0. The molecule has 0 spiro atoms. The summed E-state index contributed by atoms with van der Waals surface area (Å²) in [6, 6.07) is 14.4. The quantitative estimate of drug-likeness (QED) is 0.926. The fourth-order valence-electron chi connectivity index (χ4n) is 3.02. The number of halogens is 1. The lowest BCUT2D eigenvalue weighted by Crippen LogP contribution is -2.32. The van der Waals surface area contributed by atoms with Gasteiger partial charge in [0.15, 0.2) is 0 Å². The average molecular weight is 298 g/mol. The molecule has 0 aromatic heterocycles. The van der Waals surface area contributed by atoms with Gasteiger partial charge in [0.25, 0.3) is 5.91 Å². The summed E-state index contributed by atoms with van der Waals surface area (Å²) in [4.78, 5) is 14.2. The molecular formula is C18H19FN2O. The Labute approximate surface area is 129 Å². The third-order valence-electron chi connectivity index (χ3n) is 4.23. The smallest absolute Gasteiger partial charge is 0.256 e. The van der Waals surface area contributed by atoms with Crippen LogP contribution in [0.4, 0.5) is 4.39 Å². The number of carbonyl (C=O) groups is 1. The number of likely N-dealkylation sites (tertiary alicyclic amines) is 1. The van der Waals surface area contributed by atoms with E-state index >= 15 is 0 Å². The van der Waals surface area contributed by atoms with Crippen LogP contribution >= 0.6 is 0 Å². The topological polar surface area (TPSA) is 46.3 Å². The molecule has 3 nitrogen and oxygen atoms in total. The third kappa shape index (κ3) is 2.74. The zero-order chi connectivity index (χ0) is 15.7. The number of hydrogen-bond donors (Lipinski definition) is 1. The van der Waals surface area contributed by atoms with Crippen molar-refractivity contribution in [3.8, 4) is 0 Å². The van der Waals surface area contributed by atoms with Crippen LogP contribution in [0.2, 0.25) is 0 Å². The highest BCUT2D eigenvalue weighted by molar-refractivity contribution is 5.95. The van der Waals surface area contributed by atoms with E-state index < -0.39 is 5.82 Å². The van der Waals surface area contributed by atoms with Crippen molar-refractivity contribution in [2.75, 3.05) is 13.1 Å². The van der Waals surface area contributed by atoms with Gasteiger partial charge in [0.05, 0.1) is 5.56 Å². The maximum absolute atomic E-state index is 13.9. The van der Waals surface area contributed by atoms with Gasteiger partial charge in [-0.1, -0.05) is 42.0 Å². The maximum atomic E-state index is 13.9. The first-order valence-corrected chi connectivity index (χ1v) is 7.42. The van der Waals surface area contributed by atoms with Crippen LogP contribution in [0.5, 0.6) is 0 Å². The van der Waals surface area contributed by atoms with E-state index in [9.17, 15) is 9.18 Å². The SMILES string of the molecule is Cc1ccc(F)c(C(=O)N2C[C@@H](N)[C@H](c3ccccc3)C2)c1. The molecule has 1 saturated heterocycles. The van der Waals surface area contributed by atoms with Crippen molar-refractivity contribution in [2.45, 2.75) is 18.9 Å². The van der Waals surface area contributed by atoms with Gasteiger partial charge in [-0.15, -0.1) is 0 Å². The summed E-state index contributed by atoms with van der Waals surface area (Å²) in [5, 5.41) is 0. The Kier molecular flexibility index (Phi) is 3.94. The fourth-order valence-corrected chi connectivity index (χ4v) is 3.02. The van der Waals surface area contributed by atoms with Crippen molar-refractivity contribution in [1.82, 2.24) is 4.90 Å². The molecule has 1 fully saturated rings. The normalized spacial score (nSPS) is 21.1. The van der Waals surface area contributed by atoms with Gasteiger partial charge in [-0.05, 0) is 24.6 Å². The molecular weight excluding hydrogens is 279 g/mol. The van der Waals surface area contributed by atoms with E-state index in [0.717, 1.165) is 11.1 Å². The summed E-state index contributed by atoms with van der Waals surface area (Å²) in [6.45, 7) is 2.82. The molecule has 0 unspecified atom stereocenters. The first-order valence-electron chi connectivity index (χ1n) is 7.42. The third-order valence-corrected chi connectivity index (χ3v) is 4.23. The molecule has 0 saturated carbocycles. The number of amides is 1. The fraction of sp³-hybridized carbons (Fsp3) is 0.278. The molecule has 1 aliphatic rings. The van der Waals surface area contributed by atoms with Crippen molar-refractivity contribution < 1.29 is 9.18 Å². The van der Waals surface area contributed by atoms with Crippen LogP contribution in [0.1, 0.15) is 27.4 Å². The maximum Gasteiger partial charge on any atom is 0.256 e. The molecule has 2 aromatic carbocycles. The van der Waals surface area contributed by atoms with Crippen LogP contribution in [-0.2, 0) is 0 Å². The molecule has 1 aliphatic heterocycles. The van der Waals surface area contributed by atoms with E-state index in [4.69, 9.17) is 5.73 Å². The van der Waals surface area contributed by atoms with Crippen LogP contribution < -0.4 is 5.73 Å². The molecule has 1 heterocycles. The molecule has 1 amide bonds. The highest BCUT2D eigenvalue weighted by atomic mass is 19.1. The minimum absolute atomic E-state index is 0.0954. The predicted octanol–water partition coefficient (Wildman–Crippen LogP) is 2.70. The highest BCUT2D eigenvalue weighted by Gasteiger charge is 2.34. The van der Waals surface area contributed by atoms with Gasteiger partial charge < -0.3 is 10.6 Å². The van der Waals surface area contributed by atoms with Gasteiger partial charge >= 0.3 is 0 Å². The molecule has 2 atom stereocenters. The van der Waals surface area contributed by atoms with E-state index in [-0.39, 0.29) is 23.4 Å². The number of carbonyl (C=O) groups excluding carboxylic acids is 1. The number of nitrogens with two attached hydrogens (primary N) is 1. The summed E-state index contributed by atoms with van der Waals surface area (Å²) < 4.78 is 13.9. The second-order valence-electron chi connectivity index (χ2n) is 5.87. The van der Waals surface area contributed by atoms with Crippen LogP contribution in [0.15, 0.2) is 48.5 Å². The summed E-state index contributed by atoms with van der Waals surface area (Å²) in [5.74, 6) is -0.666. The number of hydrogen-bond acceptors (Lipinski definition) is 2. The molecule has 114 valence electrons. The lowest BCUT2D eigenvalue weighted by molar-refractivity contribution is 0.0784. The van der Waals surface area contributed by atoms with Gasteiger partial charge in [-0.25, -0.2) is 4.39 Å². The second-order valence-corrected chi connectivity index (χ2v) is 5.87. The standard InChI is InChI=1S/C18H19FN2O/c1-12-7-8-16(19)14(9-12)18(22)21-10-15(17(20)11-21)13-5-3-2-4-6-13/h2-9,15,17H,10-11,20H2,1H3/t15-,17+/m0/s1. The summed E-state index contributed by atoms with van der Waals surface area (Å²) in [7, 11) is 0. The Bertz CT molecular complexity index is 687. The molecule has 2 N–H and O–H groups in total. The Hall–Kier alpha value is -2.20. The van der Waals surface area contributed by atoms with Crippen molar-refractivity contribution in [3.63, 3.8) is 0 Å². The zero-order valence-electron chi connectivity index (χ0n) is 12.5. The number of rotatable bonds is 2. The molecule has 2 aromatic rings. The van der Waals surface area contributed by atoms with Gasteiger partial charge in [-0.3, -0.25) is 4.79 Å². The van der Waals surface area contributed by atoms with Crippen LogP contribution in [0.25, 0.3) is 0 Å². The lowest BCUT2D eigenvalue weighted by Gasteiger charge is -2.17. The van der Waals surface area contributed by atoms with E-state index in [1.54, 1.807) is 17.0 Å². The van der Waals surface area contributed by atoms with E-state index in [0.29, 0.717) is 13.1 Å². The first-order chi connectivity index (χ1) is 10.6. The number of nitrogens with zero attached hydrogens (tertiary/aromatic N) is 1. The van der Waals surface area contributed by atoms with Crippen LogP contribution in [0.3, 0.4) is 0 Å². The molecule has 0 radical (unpaired) electrons. The van der Waals surface area contributed by atoms with E-state index in [2.05, 4.69) is 0 Å². The highest BCUT2D eigenvalue weighted by Crippen LogP contribution is 2.27. The number of aryl methyl sites for hydroxylation is 1. The van der Waals surface area contributed by atoms with Crippen LogP contribution in [-0.4, -0.2) is 29.9 Å². The molecule has 3 rings (SSSR count). The summed E-state index contributed by atoms with van der Waals surface area (Å²) in [5.41, 5.74) is 8.31. The monoisotopic (exact) mass is 298 g/mol. The molecule has 0 aliphatic carbocycles. The largest absolute Gasteiger partial charge is 0.336 e. The van der Waals surface area contributed by atoms with Crippen molar-refractivity contribution in [2.24, 2.45) is 5.73 Å². The summed E-state index contributed by atoms with van der Waals surface area (Å²) >= 11 is 0. The number of benzene rings is 2. The van der Waals surface area contributed by atoms with Crippen molar-refractivity contribution in [3.05, 3.63) is 71.0 Å². The van der Waals surface area contributed by atoms with Gasteiger partial charge in [0, 0.05) is 25.0 Å². The zero-order valence-corrected chi connectivity index (χ0v) is 12.5. The Morgan fingerprint density at radius 1 is 1.18 bits per heavy atom. The lowest BCUT2D eigenvalue weighted by atomic mass is 9.95. The van der Waals surface area contributed by atoms with Crippen LogP contribution in [0, 0.1) is 12.7 Å². The van der Waals surface area contributed by atoms with Crippen molar-refractivity contribution in [1.29, 1.82) is 0 Å². The predicted molar refractivity (Wildman–Crippen MR) is 84.2 cm³/mol. The van der Waals surface area contributed by atoms with Gasteiger partial charge in [-0.2, -0.15) is 0 Å². The average Bonchev–Trinajstić information content (AvgIpc) is 2.92. The Morgan fingerprint density at radius 2 is 1.91 bits per heavy atom. The molecule has 4 heteroatoms. The molecule has 0 bridgehead atoms. The minimum Gasteiger partial charge on any atom is -0.336 e.